The molecule has 1 saturated heterocycles. The van der Waals surface area contributed by atoms with Gasteiger partial charge in [-0.25, -0.2) is 0 Å². The molecule has 0 atom stereocenters. The molecule has 1 amide bonds. The molecule has 25 heavy (non-hydrogen) atoms. The minimum Gasteiger partial charge on any atom is -0.369 e. The van der Waals surface area contributed by atoms with Crippen LogP contribution in [0.15, 0.2) is 24.4 Å². The molecule has 5 nitrogen and oxygen atoms in total. The Bertz CT molecular complexity index is 771. The third-order valence-electron chi connectivity index (χ3n) is 5.49. The Morgan fingerprint density at radius 3 is 2.76 bits per heavy atom. The number of benzene rings is 1. The first-order chi connectivity index (χ1) is 12.0. The SMILES string of the molecule is Cc1cccc(C(C)C)c1NC(=O)Cn1cc2c(n1)C1CCN2CC1. The van der Waals surface area contributed by atoms with Gasteiger partial charge in [-0.15, -0.1) is 0 Å². The van der Waals surface area contributed by atoms with Crippen molar-refractivity contribution in [1.82, 2.24) is 9.78 Å². The molecule has 1 N–H and O–H groups in total. The maximum absolute atomic E-state index is 12.6. The quantitative estimate of drug-likeness (QED) is 0.926. The first-order valence-electron chi connectivity index (χ1n) is 9.24. The first kappa shape index (κ1) is 16.2. The fourth-order valence-corrected chi connectivity index (χ4v) is 4.10. The van der Waals surface area contributed by atoms with Crippen molar-refractivity contribution >= 4 is 17.3 Å². The third kappa shape index (κ3) is 2.92. The summed E-state index contributed by atoms with van der Waals surface area (Å²) in [7, 11) is 0. The van der Waals surface area contributed by atoms with Crippen LogP contribution in [0.4, 0.5) is 11.4 Å². The molecule has 2 aromatic rings. The van der Waals surface area contributed by atoms with E-state index in [2.05, 4.69) is 30.1 Å². The standard InChI is InChI=1S/C20H26N4O/c1-13(2)16-6-4-5-14(3)19(16)21-18(25)12-24-11-17-20(22-24)15-7-9-23(17)10-8-15/h4-6,11,13,15H,7-10,12H2,1-3H3,(H,21,25). The number of piperidine rings is 1. The van der Waals surface area contributed by atoms with E-state index in [-0.39, 0.29) is 12.5 Å². The Hall–Kier alpha value is -2.30. The van der Waals surface area contributed by atoms with Crippen molar-refractivity contribution in [3.05, 3.63) is 41.2 Å². The van der Waals surface area contributed by atoms with Crippen molar-refractivity contribution in [1.29, 1.82) is 0 Å². The summed E-state index contributed by atoms with van der Waals surface area (Å²) in [5.41, 5.74) is 5.64. The highest BCUT2D eigenvalue weighted by Crippen LogP contribution is 2.41. The van der Waals surface area contributed by atoms with Crippen LogP contribution in [-0.4, -0.2) is 28.8 Å². The molecule has 1 aromatic carbocycles. The van der Waals surface area contributed by atoms with E-state index in [1.54, 1.807) is 0 Å². The van der Waals surface area contributed by atoms with Gasteiger partial charge in [0.15, 0.2) is 0 Å². The lowest BCUT2D eigenvalue weighted by molar-refractivity contribution is -0.116. The normalized spacial score (nSPS) is 16.4. The molecular weight excluding hydrogens is 312 g/mol. The van der Waals surface area contributed by atoms with Crippen LogP contribution in [-0.2, 0) is 11.3 Å². The van der Waals surface area contributed by atoms with Gasteiger partial charge in [0, 0.05) is 30.9 Å². The number of hydrogen-bond donors (Lipinski definition) is 1. The van der Waals surface area contributed by atoms with Crippen molar-refractivity contribution in [3.8, 4) is 0 Å². The summed E-state index contributed by atoms with van der Waals surface area (Å²) in [4.78, 5) is 15.0. The number of para-hydroxylation sites is 1. The minimum absolute atomic E-state index is 0.0154. The Labute approximate surface area is 149 Å². The molecule has 0 spiro atoms. The van der Waals surface area contributed by atoms with Crippen molar-refractivity contribution in [2.45, 2.75) is 52.0 Å². The number of carbonyl (C=O) groups excluding carboxylic acids is 1. The lowest BCUT2D eigenvalue weighted by Gasteiger charge is -2.38. The van der Waals surface area contributed by atoms with E-state index in [9.17, 15) is 4.79 Å². The van der Waals surface area contributed by atoms with E-state index in [1.807, 2.05) is 29.9 Å². The number of hydrogen-bond acceptors (Lipinski definition) is 3. The van der Waals surface area contributed by atoms with E-state index < -0.39 is 0 Å². The van der Waals surface area contributed by atoms with Crippen LogP contribution in [0.1, 0.15) is 55.3 Å². The summed E-state index contributed by atoms with van der Waals surface area (Å²) >= 11 is 0. The van der Waals surface area contributed by atoms with Gasteiger partial charge in [-0.1, -0.05) is 32.0 Å². The molecule has 0 radical (unpaired) electrons. The fraction of sp³-hybridized carbons (Fsp3) is 0.500. The van der Waals surface area contributed by atoms with E-state index in [4.69, 9.17) is 5.10 Å². The van der Waals surface area contributed by atoms with Crippen molar-refractivity contribution in [2.75, 3.05) is 23.3 Å². The van der Waals surface area contributed by atoms with Gasteiger partial charge in [-0.3, -0.25) is 9.48 Å². The summed E-state index contributed by atoms with van der Waals surface area (Å²) < 4.78 is 1.81. The van der Waals surface area contributed by atoms with Gasteiger partial charge in [-0.05, 0) is 36.8 Å². The van der Waals surface area contributed by atoms with Crippen molar-refractivity contribution in [2.24, 2.45) is 0 Å². The Balaban J connectivity index is 1.52. The molecular formula is C20H26N4O. The lowest BCUT2D eigenvalue weighted by Crippen LogP contribution is -2.38. The molecule has 0 unspecified atom stereocenters. The van der Waals surface area contributed by atoms with Gasteiger partial charge in [0.1, 0.15) is 6.54 Å². The topological polar surface area (TPSA) is 50.2 Å². The zero-order chi connectivity index (χ0) is 17.6. The smallest absolute Gasteiger partial charge is 0.246 e. The third-order valence-corrected chi connectivity index (χ3v) is 5.49. The number of aryl methyl sites for hydroxylation is 1. The number of nitrogens with zero attached hydrogens (tertiary/aromatic N) is 3. The molecule has 1 aromatic heterocycles. The Kier molecular flexibility index (Phi) is 4.02. The number of anilines is 2. The van der Waals surface area contributed by atoms with Crippen molar-refractivity contribution in [3.63, 3.8) is 0 Å². The van der Waals surface area contributed by atoms with E-state index in [0.29, 0.717) is 11.8 Å². The zero-order valence-electron chi connectivity index (χ0n) is 15.2. The maximum atomic E-state index is 12.6. The highest BCUT2D eigenvalue weighted by Gasteiger charge is 2.33. The van der Waals surface area contributed by atoms with E-state index in [1.165, 1.54) is 29.8 Å². The summed E-state index contributed by atoms with van der Waals surface area (Å²) in [6.45, 7) is 8.85. The lowest BCUT2D eigenvalue weighted by atomic mass is 9.88. The zero-order valence-corrected chi connectivity index (χ0v) is 15.2. The molecule has 0 aliphatic carbocycles. The number of aromatic nitrogens is 2. The number of rotatable bonds is 4. The van der Waals surface area contributed by atoms with Gasteiger partial charge in [-0.2, -0.15) is 5.10 Å². The van der Waals surface area contributed by atoms with E-state index in [0.717, 1.165) is 24.3 Å². The average Bonchev–Trinajstić information content (AvgIpc) is 3.03. The van der Waals surface area contributed by atoms with Crippen LogP contribution >= 0.6 is 0 Å². The maximum Gasteiger partial charge on any atom is 0.246 e. The number of nitrogens with one attached hydrogen (secondary N) is 1. The average molecular weight is 338 g/mol. The summed E-state index contributed by atoms with van der Waals surface area (Å²) in [6, 6.07) is 6.18. The highest BCUT2D eigenvalue weighted by molar-refractivity contribution is 5.92. The Morgan fingerprint density at radius 1 is 1.32 bits per heavy atom. The molecule has 4 heterocycles. The van der Waals surface area contributed by atoms with E-state index >= 15 is 0 Å². The summed E-state index contributed by atoms with van der Waals surface area (Å²) in [5.74, 6) is 0.933. The van der Waals surface area contributed by atoms with Crippen LogP contribution in [0, 0.1) is 6.92 Å². The minimum atomic E-state index is -0.0154. The predicted molar refractivity (Wildman–Crippen MR) is 100 cm³/mol. The van der Waals surface area contributed by atoms with Crippen LogP contribution in [0.5, 0.6) is 0 Å². The van der Waals surface area contributed by atoms with Gasteiger partial charge in [0.05, 0.1) is 11.4 Å². The van der Waals surface area contributed by atoms with Crippen molar-refractivity contribution < 1.29 is 4.79 Å². The predicted octanol–water partition coefficient (Wildman–Crippen LogP) is 3.65. The molecule has 5 rings (SSSR count). The first-order valence-corrected chi connectivity index (χ1v) is 9.24. The Morgan fingerprint density at radius 2 is 2.08 bits per heavy atom. The number of fused-ring (bicyclic) bond motifs is 2. The van der Waals surface area contributed by atoms with Gasteiger partial charge < -0.3 is 10.2 Å². The molecule has 1 fully saturated rings. The molecule has 3 aliphatic heterocycles. The monoisotopic (exact) mass is 338 g/mol. The molecule has 2 bridgehead atoms. The van der Waals surface area contributed by atoms with Gasteiger partial charge in [0.2, 0.25) is 5.91 Å². The highest BCUT2D eigenvalue weighted by atomic mass is 16.2. The van der Waals surface area contributed by atoms with Crippen LogP contribution < -0.4 is 10.2 Å². The number of carbonyl (C=O) groups is 1. The van der Waals surface area contributed by atoms with Gasteiger partial charge in [0.25, 0.3) is 0 Å². The van der Waals surface area contributed by atoms with Crippen LogP contribution in [0.2, 0.25) is 0 Å². The van der Waals surface area contributed by atoms with Crippen LogP contribution in [0.3, 0.4) is 0 Å². The molecule has 0 saturated carbocycles. The largest absolute Gasteiger partial charge is 0.369 e. The second kappa shape index (κ2) is 6.21. The summed E-state index contributed by atoms with van der Waals surface area (Å²) in [5, 5.41) is 7.82. The second-order valence-electron chi connectivity index (χ2n) is 7.60. The number of amides is 1. The molecule has 132 valence electrons. The van der Waals surface area contributed by atoms with Gasteiger partial charge >= 0.3 is 0 Å². The fourth-order valence-electron chi connectivity index (χ4n) is 4.10. The molecule has 5 heteroatoms. The van der Waals surface area contributed by atoms with Crippen LogP contribution in [0.25, 0.3) is 0 Å². The second-order valence-corrected chi connectivity index (χ2v) is 7.60. The summed E-state index contributed by atoms with van der Waals surface area (Å²) in [6.07, 6.45) is 4.43. The molecule has 3 aliphatic rings.